The highest BCUT2D eigenvalue weighted by Crippen LogP contribution is 2.33. The van der Waals surface area contributed by atoms with E-state index in [0.717, 1.165) is 0 Å². The molecule has 2 aromatic carbocycles. The van der Waals surface area contributed by atoms with Gasteiger partial charge in [0.05, 0.1) is 12.2 Å². The molecule has 2 heterocycles. The van der Waals surface area contributed by atoms with E-state index < -0.39 is 11.5 Å². The van der Waals surface area contributed by atoms with Crippen LogP contribution in [0.2, 0.25) is 0 Å². The van der Waals surface area contributed by atoms with Gasteiger partial charge in [0.2, 0.25) is 0 Å². The van der Waals surface area contributed by atoms with Gasteiger partial charge >= 0.3 is 5.63 Å². The minimum atomic E-state index is -0.690. The molecule has 0 atom stereocenters. The van der Waals surface area contributed by atoms with Crippen LogP contribution in [0.5, 0.6) is 5.75 Å². The van der Waals surface area contributed by atoms with Gasteiger partial charge in [-0.2, -0.15) is 0 Å². The SMILES string of the molecule is CC(=O)c1ccc2c(c1)N(C(=O)c1cc3ccccc3oc1=O)CCO2. The van der Waals surface area contributed by atoms with E-state index in [9.17, 15) is 14.4 Å². The van der Waals surface area contributed by atoms with Crippen LogP contribution in [0.3, 0.4) is 0 Å². The van der Waals surface area contributed by atoms with Crippen LogP contribution >= 0.6 is 0 Å². The number of hydrogen-bond acceptors (Lipinski definition) is 5. The Labute approximate surface area is 148 Å². The number of amides is 1. The molecule has 0 bridgehead atoms. The van der Waals surface area contributed by atoms with Crippen molar-refractivity contribution in [3.05, 3.63) is 70.1 Å². The smallest absolute Gasteiger partial charge is 0.349 e. The number of Topliss-reactive ketones (excluding diaryl/α,β-unsaturated/α-hetero) is 1. The first-order valence-corrected chi connectivity index (χ1v) is 8.17. The number of ether oxygens (including phenoxy) is 1. The Kier molecular flexibility index (Phi) is 3.80. The van der Waals surface area contributed by atoms with Crippen molar-refractivity contribution in [3.63, 3.8) is 0 Å². The number of ketones is 1. The van der Waals surface area contributed by atoms with Gasteiger partial charge in [-0.05, 0) is 37.3 Å². The Hall–Kier alpha value is -3.41. The zero-order valence-corrected chi connectivity index (χ0v) is 14.0. The number of carbonyl (C=O) groups excluding carboxylic acids is 2. The number of rotatable bonds is 2. The number of benzene rings is 2. The molecule has 0 saturated carbocycles. The number of hydrogen-bond donors (Lipinski definition) is 0. The van der Waals surface area contributed by atoms with Crippen LogP contribution in [0.4, 0.5) is 5.69 Å². The first-order valence-electron chi connectivity index (χ1n) is 8.17. The molecule has 6 heteroatoms. The van der Waals surface area contributed by atoms with Crippen molar-refractivity contribution in [3.8, 4) is 5.75 Å². The van der Waals surface area contributed by atoms with E-state index in [-0.39, 0.29) is 17.9 Å². The van der Waals surface area contributed by atoms with E-state index in [0.29, 0.717) is 34.6 Å². The zero-order chi connectivity index (χ0) is 18.3. The monoisotopic (exact) mass is 349 g/mol. The van der Waals surface area contributed by atoms with Crippen LogP contribution in [0.25, 0.3) is 11.0 Å². The number of para-hydroxylation sites is 1. The molecule has 1 aliphatic heterocycles. The van der Waals surface area contributed by atoms with Crippen LogP contribution in [0.15, 0.2) is 57.7 Å². The molecule has 26 heavy (non-hydrogen) atoms. The molecule has 1 amide bonds. The molecular formula is C20H15NO5. The van der Waals surface area contributed by atoms with E-state index in [1.807, 2.05) is 0 Å². The third-order valence-corrected chi connectivity index (χ3v) is 4.35. The molecule has 3 aromatic rings. The normalized spacial score (nSPS) is 13.2. The predicted octanol–water partition coefficient (Wildman–Crippen LogP) is 3.03. The number of fused-ring (bicyclic) bond motifs is 2. The van der Waals surface area contributed by atoms with Crippen molar-refractivity contribution in [1.82, 2.24) is 0 Å². The molecule has 0 N–H and O–H groups in total. The molecule has 0 unspecified atom stereocenters. The maximum Gasteiger partial charge on any atom is 0.349 e. The lowest BCUT2D eigenvalue weighted by atomic mass is 10.1. The molecule has 1 aliphatic rings. The Morgan fingerprint density at radius 3 is 2.69 bits per heavy atom. The standard InChI is InChI=1S/C20H15NO5/c1-12(22)13-6-7-18-16(11-13)21(8-9-25-18)19(23)15-10-14-4-2-3-5-17(14)26-20(15)24/h2-7,10-11H,8-9H2,1H3. The maximum atomic E-state index is 13.0. The van der Waals surface area contributed by atoms with Gasteiger partial charge in [0.15, 0.2) is 5.78 Å². The summed E-state index contributed by atoms with van der Waals surface area (Å²) in [6, 6.07) is 13.5. The Morgan fingerprint density at radius 2 is 1.88 bits per heavy atom. The molecule has 6 nitrogen and oxygen atoms in total. The van der Waals surface area contributed by atoms with E-state index in [1.54, 1.807) is 42.5 Å². The van der Waals surface area contributed by atoms with E-state index in [1.165, 1.54) is 17.9 Å². The summed E-state index contributed by atoms with van der Waals surface area (Å²) in [7, 11) is 0. The van der Waals surface area contributed by atoms with Gasteiger partial charge < -0.3 is 14.1 Å². The third-order valence-electron chi connectivity index (χ3n) is 4.35. The first-order chi connectivity index (χ1) is 12.5. The van der Waals surface area contributed by atoms with Crippen molar-refractivity contribution < 1.29 is 18.7 Å². The number of carbonyl (C=O) groups is 2. The second-order valence-electron chi connectivity index (χ2n) is 6.03. The van der Waals surface area contributed by atoms with Crippen LogP contribution in [0, 0.1) is 0 Å². The molecular weight excluding hydrogens is 334 g/mol. The minimum absolute atomic E-state index is 0.0511. The van der Waals surface area contributed by atoms with E-state index in [4.69, 9.17) is 9.15 Å². The third kappa shape index (κ3) is 2.65. The highest BCUT2D eigenvalue weighted by molar-refractivity contribution is 6.08. The van der Waals surface area contributed by atoms with Crippen LogP contribution in [0.1, 0.15) is 27.6 Å². The van der Waals surface area contributed by atoms with E-state index >= 15 is 0 Å². The summed E-state index contributed by atoms with van der Waals surface area (Å²) < 4.78 is 10.8. The summed E-state index contributed by atoms with van der Waals surface area (Å²) in [5.74, 6) is -0.0921. The number of anilines is 1. The van der Waals surface area contributed by atoms with Crippen molar-refractivity contribution in [2.45, 2.75) is 6.92 Å². The van der Waals surface area contributed by atoms with Crippen molar-refractivity contribution in [1.29, 1.82) is 0 Å². The van der Waals surface area contributed by atoms with Crippen molar-refractivity contribution >= 4 is 28.3 Å². The molecule has 130 valence electrons. The molecule has 0 saturated heterocycles. The van der Waals surface area contributed by atoms with Gasteiger partial charge in [-0.1, -0.05) is 18.2 Å². The topological polar surface area (TPSA) is 76.8 Å². The summed E-state index contributed by atoms with van der Waals surface area (Å²) in [6.45, 7) is 2.03. The highest BCUT2D eigenvalue weighted by Gasteiger charge is 2.28. The summed E-state index contributed by atoms with van der Waals surface area (Å²) in [6.07, 6.45) is 0. The average Bonchev–Trinajstić information content (AvgIpc) is 2.66. The maximum absolute atomic E-state index is 13.0. The fourth-order valence-corrected chi connectivity index (χ4v) is 3.00. The molecule has 0 spiro atoms. The van der Waals surface area contributed by atoms with Crippen LogP contribution in [-0.4, -0.2) is 24.8 Å². The molecule has 0 radical (unpaired) electrons. The van der Waals surface area contributed by atoms with Crippen LogP contribution in [-0.2, 0) is 0 Å². The average molecular weight is 349 g/mol. The predicted molar refractivity (Wildman–Crippen MR) is 96.1 cm³/mol. The summed E-state index contributed by atoms with van der Waals surface area (Å²) in [5.41, 5.74) is 0.628. The molecule has 0 aliphatic carbocycles. The van der Waals surface area contributed by atoms with Gasteiger partial charge in [0.1, 0.15) is 23.5 Å². The number of nitrogens with zero attached hydrogens (tertiary/aromatic N) is 1. The Morgan fingerprint density at radius 1 is 1.08 bits per heavy atom. The lowest BCUT2D eigenvalue weighted by Crippen LogP contribution is -2.40. The van der Waals surface area contributed by atoms with Gasteiger partial charge in [-0.15, -0.1) is 0 Å². The molecule has 4 rings (SSSR count). The fourth-order valence-electron chi connectivity index (χ4n) is 3.00. The van der Waals surface area contributed by atoms with Gasteiger partial charge in [0, 0.05) is 10.9 Å². The lowest BCUT2D eigenvalue weighted by molar-refractivity contribution is 0.0970. The summed E-state index contributed by atoms with van der Waals surface area (Å²) in [5, 5.41) is 0.668. The summed E-state index contributed by atoms with van der Waals surface area (Å²) >= 11 is 0. The van der Waals surface area contributed by atoms with Gasteiger partial charge in [0.25, 0.3) is 5.91 Å². The molecule has 1 aromatic heterocycles. The lowest BCUT2D eigenvalue weighted by Gasteiger charge is -2.29. The van der Waals surface area contributed by atoms with Crippen molar-refractivity contribution in [2.75, 3.05) is 18.1 Å². The minimum Gasteiger partial charge on any atom is -0.490 e. The van der Waals surface area contributed by atoms with Gasteiger partial charge in [-0.25, -0.2) is 4.79 Å². The second-order valence-corrected chi connectivity index (χ2v) is 6.03. The van der Waals surface area contributed by atoms with Crippen molar-refractivity contribution in [2.24, 2.45) is 0 Å². The first kappa shape index (κ1) is 16.1. The Bertz CT molecular complexity index is 1100. The quantitative estimate of drug-likeness (QED) is 0.525. The Balaban J connectivity index is 1.81. The highest BCUT2D eigenvalue weighted by atomic mass is 16.5. The van der Waals surface area contributed by atoms with Gasteiger partial charge in [-0.3, -0.25) is 9.59 Å². The zero-order valence-electron chi connectivity index (χ0n) is 14.0. The van der Waals surface area contributed by atoms with E-state index in [2.05, 4.69) is 0 Å². The second kappa shape index (κ2) is 6.15. The summed E-state index contributed by atoms with van der Waals surface area (Å²) in [4.78, 5) is 38.5. The van der Waals surface area contributed by atoms with Crippen LogP contribution < -0.4 is 15.3 Å². The largest absolute Gasteiger partial charge is 0.490 e. The molecule has 0 fully saturated rings. The fraction of sp³-hybridized carbons (Fsp3) is 0.150.